The Hall–Kier alpha value is -3.02. The van der Waals surface area contributed by atoms with E-state index in [0.29, 0.717) is 13.0 Å². The first kappa shape index (κ1) is 19.7. The standard InChI is InChI=1S/C22H27N3O3/c1-14-7-8-15(2)20(12-14)28-11-5-4-6-21(26)23-16(3)17-9-10-18-19(13-17)25-22(27)24-18/h7-10,12-13,16H,4-6,11H2,1-3H3,(H,23,26)(H2,24,25,27). The molecule has 1 aromatic heterocycles. The number of amides is 1. The van der Waals surface area contributed by atoms with Crippen molar-refractivity contribution in [2.24, 2.45) is 0 Å². The summed E-state index contributed by atoms with van der Waals surface area (Å²) in [6.07, 6.45) is 2.06. The molecule has 0 radical (unpaired) electrons. The van der Waals surface area contributed by atoms with Crippen LogP contribution in [0.15, 0.2) is 41.2 Å². The van der Waals surface area contributed by atoms with E-state index in [2.05, 4.69) is 27.4 Å². The average molecular weight is 381 g/mol. The lowest BCUT2D eigenvalue weighted by Crippen LogP contribution is -2.26. The summed E-state index contributed by atoms with van der Waals surface area (Å²) in [4.78, 5) is 29.0. The highest BCUT2D eigenvalue weighted by Crippen LogP contribution is 2.20. The summed E-state index contributed by atoms with van der Waals surface area (Å²) in [5, 5.41) is 3.01. The number of unbranched alkanes of at least 4 members (excludes halogenated alkanes) is 1. The highest BCUT2D eigenvalue weighted by Gasteiger charge is 2.11. The van der Waals surface area contributed by atoms with Crippen LogP contribution in [0.1, 0.15) is 48.9 Å². The number of rotatable bonds is 8. The van der Waals surface area contributed by atoms with Crippen molar-refractivity contribution in [1.29, 1.82) is 0 Å². The van der Waals surface area contributed by atoms with Crippen molar-refractivity contribution in [1.82, 2.24) is 15.3 Å². The molecular weight excluding hydrogens is 354 g/mol. The quantitative estimate of drug-likeness (QED) is 0.517. The lowest BCUT2D eigenvalue weighted by atomic mass is 10.1. The highest BCUT2D eigenvalue weighted by molar-refractivity contribution is 5.77. The lowest BCUT2D eigenvalue weighted by Gasteiger charge is -2.14. The van der Waals surface area contributed by atoms with Crippen molar-refractivity contribution in [3.63, 3.8) is 0 Å². The normalized spacial score (nSPS) is 12.1. The molecule has 0 fully saturated rings. The van der Waals surface area contributed by atoms with Crippen LogP contribution in [0.25, 0.3) is 11.0 Å². The van der Waals surface area contributed by atoms with Gasteiger partial charge in [0.1, 0.15) is 5.75 Å². The molecular formula is C22H27N3O3. The molecule has 0 bridgehead atoms. The van der Waals surface area contributed by atoms with Crippen molar-refractivity contribution in [3.8, 4) is 5.75 Å². The lowest BCUT2D eigenvalue weighted by molar-refractivity contribution is -0.121. The first-order valence-electron chi connectivity index (χ1n) is 9.64. The van der Waals surface area contributed by atoms with Crippen LogP contribution in [-0.2, 0) is 4.79 Å². The van der Waals surface area contributed by atoms with Gasteiger partial charge in [0.15, 0.2) is 0 Å². The van der Waals surface area contributed by atoms with Gasteiger partial charge in [-0.05, 0) is 68.5 Å². The Morgan fingerprint density at radius 3 is 2.68 bits per heavy atom. The van der Waals surface area contributed by atoms with Crippen LogP contribution in [0, 0.1) is 13.8 Å². The Bertz CT molecular complexity index is 1020. The third-order valence-corrected chi connectivity index (χ3v) is 4.82. The average Bonchev–Trinajstić information content (AvgIpc) is 3.03. The first-order chi connectivity index (χ1) is 13.4. The summed E-state index contributed by atoms with van der Waals surface area (Å²) in [5.74, 6) is 0.929. The van der Waals surface area contributed by atoms with E-state index in [-0.39, 0.29) is 17.6 Å². The zero-order valence-corrected chi connectivity index (χ0v) is 16.6. The van der Waals surface area contributed by atoms with E-state index < -0.39 is 0 Å². The maximum absolute atomic E-state index is 12.2. The SMILES string of the molecule is Cc1ccc(C)c(OCCCCC(=O)NC(C)c2ccc3[nH]c(=O)[nH]c3c2)c1. The van der Waals surface area contributed by atoms with Crippen LogP contribution in [0.4, 0.5) is 0 Å². The number of aromatic nitrogens is 2. The maximum atomic E-state index is 12.2. The molecule has 2 aromatic carbocycles. The molecule has 0 aliphatic carbocycles. The van der Waals surface area contributed by atoms with E-state index in [1.54, 1.807) is 0 Å². The third-order valence-electron chi connectivity index (χ3n) is 4.82. The van der Waals surface area contributed by atoms with Crippen molar-refractivity contribution >= 4 is 16.9 Å². The van der Waals surface area contributed by atoms with Crippen LogP contribution >= 0.6 is 0 Å². The van der Waals surface area contributed by atoms with E-state index in [9.17, 15) is 9.59 Å². The van der Waals surface area contributed by atoms with Crippen LogP contribution in [0.3, 0.4) is 0 Å². The Kier molecular flexibility index (Phi) is 6.19. The molecule has 6 nitrogen and oxygen atoms in total. The molecule has 0 spiro atoms. The van der Waals surface area contributed by atoms with Gasteiger partial charge in [0.25, 0.3) is 0 Å². The topological polar surface area (TPSA) is 87.0 Å². The number of nitrogens with one attached hydrogen (secondary N) is 3. The van der Waals surface area contributed by atoms with Crippen LogP contribution in [0.2, 0.25) is 0 Å². The van der Waals surface area contributed by atoms with E-state index in [1.165, 1.54) is 5.56 Å². The van der Waals surface area contributed by atoms with Gasteiger partial charge in [0.05, 0.1) is 23.7 Å². The van der Waals surface area contributed by atoms with Crippen molar-refractivity contribution in [2.45, 2.75) is 46.1 Å². The number of aryl methyl sites for hydroxylation is 2. The molecule has 148 valence electrons. The van der Waals surface area contributed by atoms with E-state index >= 15 is 0 Å². The second-order valence-electron chi connectivity index (χ2n) is 7.25. The molecule has 1 amide bonds. The minimum absolute atomic E-state index is 0.0156. The fraction of sp³-hybridized carbons (Fsp3) is 0.364. The molecule has 0 aliphatic heterocycles. The number of H-pyrrole nitrogens is 2. The molecule has 0 saturated heterocycles. The number of ether oxygens (including phenoxy) is 1. The summed E-state index contributed by atoms with van der Waals surface area (Å²) in [6.45, 7) is 6.62. The van der Waals surface area contributed by atoms with Crippen LogP contribution in [0.5, 0.6) is 5.75 Å². The van der Waals surface area contributed by atoms with E-state index in [0.717, 1.165) is 40.8 Å². The zero-order valence-electron chi connectivity index (χ0n) is 16.6. The molecule has 3 aromatic rings. The summed E-state index contributed by atoms with van der Waals surface area (Å²) in [6, 6.07) is 11.7. The van der Waals surface area contributed by atoms with Gasteiger partial charge in [-0.1, -0.05) is 18.2 Å². The van der Waals surface area contributed by atoms with Gasteiger partial charge in [0, 0.05) is 6.42 Å². The van der Waals surface area contributed by atoms with Gasteiger partial charge >= 0.3 is 5.69 Å². The van der Waals surface area contributed by atoms with Crippen LogP contribution in [-0.4, -0.2) is 22.5 Å². The van der Waals surface area contributed by atoms with Crippen molar-refractivity contribution in [2.75, 3.05) is 6.61 Å². The monoisotopic (exact) mass is 381 g/mol. The summed E-state index contributed by atoms with van der Waals surface area (Å²) in [5.41, 5.74) is 4.53. The van der Waals surface area contributed by atoms with Crippen molar-refractivity contribution < 1.29 is 9.53 Å². The van der Waals surface area contributed by atoms with Crippen molar-refractivity contribution in [3.05, 3.63) is 63.6 Å². The zero-order chi connectivity index (χ0) is 20.1. The molecule has 6 heteroatoms. The predicted octanol–water partition coefficient (Wildman–Crippen LogP) is 3.90. The van der Waals surface area contributed by atoms with Gasteiger partial charge in [-0.25, -0.2) is 4.79 Å². The molecule has 1 heterocycles. The number of hydrogen-bond acceptors (Lipinski definition) is 3. The number of carbonyl (C=O) groups is 1. The molecule has 1 unspecified atom stereocenters. The highest BCUT2D eigenvalue weighted by atomic mass is 16.5. The van der Waals surface area contributed by atoms with Crippen LogP contribution < -0.4 is 15.7 Å². The molecule has 0 aliphatic rings. The maximum Gasteiger partial charge on any atom is 0.323 e. The number of fused-ring (bicyclic) bond motifs is 1. The molecule has 0 saturated carbocycles. The summed E-state index contributed by atoms with van der Waals surface area (Å²) in [7, 11) is 0. The predicted molar refractivity (Wildman–Crippen MR) is 111 cm³/mol. The molecule has 1 atom stereocenters. The fourth-order valence-corrected chi connectivity index (χ4v) is 3.15. The Morgan fingerprint density at radius 1 is 1.07 bits per heavy atom. The largest absolute Gasteiger partial charge is 0.493 e. The van der Waals surface area contributed by atoms with Gasteiger partial charge in [-0.2, -0.15) is 0 Å². The number of aromatic amines is 2. The number of carbonyl (C=O) groups excluding carboxylic acids is 1. The van der Waals surface area contributed by atoms with E-state index in [4.69, 9.17) is 4.74 Å². The number of imidazole rings is 1. The summed E-state index contributed by atoms with van der Waals surface area (Å²) < 4.78 is 5.83. The smallest absolute Gasteiger partial charge is 0.323 e. The Balaban J connectivity index is 1.42. The molecule has 3 N–H and O–H groups in total. The summed E-state index contributed by atoms with van der Waals surface area (Å²) >= 11 is 0. The number of hydrogen-bond donors (Lipinski definition) is 3. The first-order valence-corrected chi connectivity index (χ1v) is 9.64. The number of benzene rings is 2. The Labute approximate surface area is 164 Å². The molecule has 3 rings (SSSR count). The minimum atomic E-state index is -0.230. The second kappa shape index (κ2) is 8.78. The van der Waals surface area contributed by atoms with Gasteiger partial charge < -0.3 is 20.0 Å². The van der Waals surface area contributed by atoms with Gasteiger partial charge in [-0.3, -0.25) is 4.79 Å². The molecule has 28 heavy (non-hydrogen) atoms. The second-order valence-corrected chi connectivity index (χ2v) is 7.25. The fourth-order valence-electron chi connectivity index (χ4n) is 3.15. The van der Waals surface area contributed by atoms with Gasteiger partial charge in [0.2, 0.25) is 5.91 Å². The van der Waals surface area contributed by atoms with E-state index in [1.807, 2.05) is 45.0 Å². The third kappa shape index (κ3) is 5.03. The Morgan fingerprint density at radius 2 is 1.86 bits per heavy atom. The minimum Gasteiger partial charge on any atom is -0.493 e. The van der Waals surface area contributed by atoms with Gasteiger partial charge in [-0.15, -0.1) is 0 Å².